The van der Waals surface area contributed by atoms with Gasteiger partial charge < -0.3 is 10.1 Å². The molecule has 7 heteroatoms. The van der Waals surface area contributed by atoms with Crippen LogP contribution in [0.2, 0.25) is 0 Å². The SMILES string of the molecule is CCO[C@H]1CC(c2cccc(C(=O)C(C)C)c2)Nc2ccc(S(=O)(=O)Nc3cccc(C)c3)cc21. The molecule has 0 amide bonds. The highest BCUT2D eigenvalue weighted by Crippen LogP contribution is 2.42. The van der Waals surface area contributed by atoms with Gasteiger partial charge in [-0.2, -0.15) is 0 Å². The van der Waals surface area contributed by atoms with E-state index in [-0.39, 0.29) is 28.7 Å². The second kappa shape index (κ2) is 10.2. The molecule has 0 bridgehead atoms. The van der Waals surface area contributed by atoms with Crippen molar-refractivity contribution in [3.05, 3.63) is 89.0 Å². The summed E-state index contributed by atoms with van der Waals surface area (Å²) in [6.07, 6.45) is 0.342. The first kappa shape index (κ1) is 24.9. The van der Waals surface area contributed by atoms with E-state index in [1.54, 1.807) is 30.3 Å². The molecule has 2 N–H and O–H groups in total. The minimum atomic E-state index is -3.76. The first-order valence-electron chi connectivity index (χ1n) is 11.9. The van der Waals surface area contributed by atoms with Gasteiger partial charge in [0, 0.05) is 41.4 Å². The summed E-state index contributed by atoms with van der Waals surface area (Å²) >= 11 is 0. The number of rotatable bonds is 8. The number of hydrogen-bond donors (Lipinski definition) is 2. The molecule has 35 heavy (non-hydrogen) atoms. The van der Waals surface area contributed by atoms with Crippen molar-refractivity contribution in [1.82, 2.24) is 0 Å². The first-order chi connectivity index (χ1) is 16.7. The Morgan fingerprint density at radius 1 is 1.09 bits per heavy atom. The Kier molecular flexibility index (Phi) is 7.28. The van der Waals surface area contributed by atoms with E-state index in [1.807, 2.05) is 64.1 Å². The Balaban J connectivity index is 1.64. The van der Waals surface area contributed by atoms with Crippen molar-refractivity contribution in [1.29, 1.82) is 0 Å². The standard InChI is InChI=1S/C28H32N2O4S/c1-5-34-27-17-26(20-9-7-10-21(15-20)28(31)18(2)3)29-25-13-12-23(16-24(25)27)35(32,33)30-22-11-6-8-19(4)14-22/h6-16,18,26-27,29-30H,5,17H2,1-4H3/t26?,27-/m0/s1. The number of benzene rings is 3. The number of fused-ring (bicyclic) bond motifs is 1. The van der Waals surface area contributed by atoms with Crippen LogP contribution in [0.15, 0.2) is 71.6 Å². The Morgan fingerprint density at radius 2 is 1.86 bits per heavy atom. The smallest absolute Gasteiger partial charge is 0.261 e. The molecule has 0 fully saturated rings. The summed E-state index contributed by atoms with van der Waals surface area (Å²) in [5, 5.41) is 3.53. The van der Waals surface area contributed by atoms with Crippen LogP contribution in [0.4, 0.5) is 11.4 Å². The van der Waals surface area contributed by atoms with Crippen molar-refractivity contribution in [3.63, 3.8) is 0 Å². The van der Waals surface area contributed by atoms with Gasteiger partial charge in [0.1, 0.15) is 0 Å². The zero-order chi connectivity index (χ0) is 25.2. The van der Waals surface area contributed by atoms with Gasteiger partial charge in [-0.25, -0.2) is 8.42 Å². The monoisotopic (exact) mass is 492 g/mol. The number of hydrogen-bond acceptors (Lipinski definition) is 5. The molecule has 1 aliphatic rings. The molecule has 4 rings (SSSR count). The van der Waals surface area contributed by atoms with Crippen LogP contribution < -0.4 is 10.0 Å². The third-order valence-corrected chi connectivity index (χ3v) is 7.57. The number of sulfonamides is 1. The lowest BCUT2D eigenvalue weighted by Gasteiger charge is -2.34. The highest BCUT2D eigenvalue weighted by molar-refractivity contribution is 7.92. The van der Waals surface area contributed by atoms with E-state index in [0.29, 0.717) is 24.3 Å². The molecule has 6 nitrogen and oxygen atoms in total. The average Bonchev–Trinajstić information content (AvgIpc) is 2.83. The third kappa shape index (κ3) is 5.57. The second-order valence-corrected chi connectivity index (χ2v) is 10.9. The maximum absolute atomic E-state index is 13.1. The molecule has 1 unspecified atom stereocenters. The fourth-order valence-corrected chi connectivity index (χ4v) is 5.52. The van der Waals surface area contributed by atoms with Crippen LogP contribution in [0.3, 0.4) is 0 Å². The first-order valence-corrected chi connectivity index (χ1v) is 13.4. The third-order valence-electron chi connectivity index (χ3n) is 6.20. The Bertz CT molecular complexity index is 1330. The molecule has 3 aromatic rings. The number of carbonyl (C=O) groups excluding carboxylic acids is 1. The van der Waals surface area contributed by atoms with Gasteiger partial charge in [-0.3, -0.25) is 9.52 Å². The highest BCUT2D eigenvalue weighted by atomic mass is 32.2. The largest absolute Gasteiger partial charge is 0.378 e. The van der Waals surface area contributed by atoms with Crippen LogP contribution >= 0.6 is 0 Å². The zero-order valence-corrected chi connectivity index (χ0v) is 21.4. The van der Waals surface area contributed by atoms with Gasteiger partial charge in [0.25, 0.3) is 10.0 Å². The molecular formula is C28H32N2O4S. The van der Waals surface area contributed by atoms with E-state index >= 15 is 0 Å². The highest BCUT2D eigenvalue weighted by Gasteiger charge is 2.30. The molecule has 0 saturated heterocycles. The lowest BCUT2D eigenvalue weighted by molar-refractivity contribution is 0.0497. The van der Waals surface area contributed by atoms with Crippen molar-refractivity contribution in [2.24, 2.45) is 5.92 Å². The van der Waals surface area contributed by atoms with Crippen LogP contribution in [0, 0.1) is 12.8 Å². The van der Waals surface area contributed by atoms with Gasteiger partial charge >= 0.3 is 0 Å². The fourth-order valence-electron chi connectivity index (χ4n) is 4.44. The number of carbonyl (C=O) groups is 1. The summed E-state index contributed by atoms with van der Waals surface area (Å²) in [7, 11) is -3.76. The minimum Gasteiger partial charge on any atom is -0.378 e. The van der Waals surface area contributed by atoms with Crippen LogP contribution in [-0.4, -0.2) is 20.8 Å². The van der Waals surface area contributed by atoms with Crippen molar-refractivity contribution in [3.8, 4) is 0 Å². The molecule has 1 aliphatic heterocycles. The van der Waals surface area contributed by atoms with E-state index in [9.17, 15) is 13.2 Å². The zero-order valence-electron chi connectivity index (χ0n) is 20.5. The van der Waals surface area contributed by atoms with Crippen LogP contribution in [0.25, 0.3) is 0 Å². The van der Waals surface area contributed by atoms with E-state index in [2.05, 4.69) is 10.0 Å². The van der Waals surface area contributed by atoms with Gasteiger partial charge in [-0.15, -0.1) is 0 Å². The number of nitrogens with one attached hydrogen (secondary N) is 2. The van der Waals surface area contributed by atoms with E-state index in [1.165, 1.54) is 0 Å². The number of ether oxygens (including phenoxy) is 1. The minimum absolute atomic E-state index is 0.0631. The van der Waals surface area contributed by atoms with Gasteiger partial charge in [-0.05, 0) is 61.4 Å². The summed E-state index contributed by atoms with van der Waals surface area (Å²) in [6, 6.07) is 20.0. The van der Waals surface area contributed by atoms with Gasteiger partial charge in [0.05, 0.1) is 17.0 Å². The van der Waals surface area contributed by atoms with Crippen LogP contribution in [-0.2, 0) is 14.8 Å². The van der Waals surface area contributed by atoms with Crippen molar-refractivity contribution >= 4 is 27.2 Å². The summed E-state index contributed by atoms with van der Waals surface area (Å²) in [6.45, 7) is 8.14. The van der Waals surface area contributed by atoms with Gasteiger partial charge in [0.15, 0.2) is 5.78 Å². The van der Waals surface area contributed by atoms with E-state index in [4.69, 9.17) is 4.74 Å². The number of ketones is 1. The number of aryl methyl sites for hydroxylation is 1. The molecule has 0 spiro atoms. The summed E-state index contributed by atoms with van der Waals surface area (Å²) < 4.78 is 34.9. The maximum Gasteiger partial charge on any atom is 0.261 e. The molecule has 184 valence electrons. The van der Waals surface area contributed by atoms with Gasteiger partial charge in [0.2, 0.25) is 0 Å². The molecule has 0 aromatic heterocycles. The van der Waals surface area contributed by atoms with Crippen LogP contribution in [0.5, 0.6) is 0 Å². The summed E-state index contributed by atoms with van der Waals surface area (Å²) in [5.41, 5.74) is 4.84. The molecule has 0 radical (unpaired) electrons. The quantitative estimate of drug-likeness (QED) is 0.362. The summed E-state index contributed by atoms with van der Waals surface area (Å²) in [5.74, 6) is 0.0376. The molecular weight excluding hydrogens is 460 g/mol. The lowest BCUT2D eigenvalue weighted by atomic mass is 9.89. The Morgan fingerprint density at radius 3 is 2.57 bits per heavy atom. The van der Waals surface area contributed by atoms with Crippen molar-refractivity contribution < 1.29 is 17.9 Å². The molecule has 0 saturated carbocycles. The predicted octanol–water partition coefficient (Wildman–Crippen LogP) is 6.27. The lowest BCUT2D eigenvalue weighted by Crippen LogP contribution is -2.24. The summed E-state index contributed by atoms with van der Waals surface area (Å²) in [4.78, 5) is 12.7. The molecule has 0 aliphatic carbocycles. The Labute approximate surface area is 207 Å². The normalized spacial score (nSPS) is 17.5. The number of Topliss-reactive ketones (excluding diaryl/α,β-unsaturated/α-hetero) is 1. The second-order valence-electron chi connectivity index (χ2n) is 9.25. The van der Waals surface area contributed by atoms with Gasteiger partial charge in [-0.1, -0.05) is 44.2 Å². The maximum atomic E-state index is 13.1. The number of anilines is 2. The molecule has 1 heterocycles. The molecule has 2 atom stereocenters. The van der Waals surface area contributed by atoms with E-state index in [0.717, 1.165) is 22.4 Å². The predicted molar refractivity (Wildman–Crippen MR) is 139 cm³/mol. The molecule has 3 aromatic carbocycles. The van der Waals surface area contributed by atoms with Crippen molar-refractivity contribution in [2.75, 3.05) is 16.6 Å². The fraction of sp³-hybridized carbons (Fsp3) is 0.321. The average molecular weight is 493 g/mol. The topological polar surface area (TPSA) is 84.5 Å². The van der Waals surface area contributed by atoms with Crippen LogP contribution in [0.1, 0.15) is 66.4 Å². The Hall–Kier alpha value is -3.16. The van der Waals surface area contributed by atoms with Crippen molar-refractivity contribution in [2.45, 2.75) is 51.2 Å². The van der Waals surface area contributed by atoms with E-state index < -0.39 is 10.0 Å².